The number of furan rings is 1. The second-order valence-electron chi connectivity index (χ2n) is 18.0. The van der Waals surface area contributed by atoms with Crippen LogP contribution >= 0.6 is 0 Å². The maximum Gasteiger partial charge on any atom is 0.136 e. The Hall–Kier alpha value is -8.98. The molecule has 0 saturated carbocycles. The van der Waals surface area contributed by atoms with E-state index in [4.69, 9.17) is 4.42 Å². The normalized spacial score (nSPS) is 12.5. The van der Waals surface area contributed by atoms with E-state index >= 15 is 0 Å². The van der Waals surface area contributed by atoms with E-state index in [0.29, 0.717) is 0 Å². The molecule has 0 saturated heterocycles. The topological polar surface area (TPSA) is 16.4 Å². The van der Waals surface area contributed by atoms with Crippen LogP contribution in [0.25, 0.3) is 77.6 Å². The van der Waals surface area contributed by atoms with E-state index < -0.39 is 5.41 Å². The van der Waals surface area contributed by atoms with Crippen LogP contribution < -0.4 is 4.90 Å². The fourth-order valence-electron chi connectivity index (χ4n) is 11.1. The highest BCUT2D eigenvalue weighted by Crippen LogP contribution is 2.58. The predicted molar refractivity (Wildman–Crippen MR) is 287 cm³/mol. The van der Waals surface area contributed by atoms with E-state index in [9.17, 15) is 0 Å². The summed E-state index contributed by atoms with van der Waals surface area (Å²) in [6, 6.07) is 99.2. The molecule has 324 valence electrons. The van der Waals surface area contributed by atoms with Gasteiger partial charge in [-0.3, -0.25) is 0 Å². The van der Waals surface area contributed by atoms with Crippen molar-refractivity contribution >= 4 is 39.0 Å². The molecule has 12 aromatic rings. The number of fused-ring (bicyclic) bond motifs is 6. The van der Waals surface area contributed by atoms with Crippen molar-refractivity contribution in [2.24, 2.45) is 0 Å². The summed E-state index contributed by atoms with van der Waals surface area (Å²) in [5.41, 5.74) is 21.5. The molecule has 0 fully saturated rings. The predicted octanol–water partition coefficient (Wildman–Crippen LogP) is 18.1. The van der Waals surface area contributed by atoms with E-state index in [1.807, 2.05) is 12.1 Å². The summed E-state index contributed by atoms with van der Waals surface area (Å²) in [6.45, 7) is 0. The van der Waals surface area contributed by atoms with Gasteiger partial charge >= 0.3 is 0 Å². The Morgan fingerprint density at radius 3 is 1.57 bits per heavy atom. The standard InChI is InChI=1S/C67H45NO/c1-4-18-46(19-5-1)47-34-36-48(37-35-47)56-26-11-14-32-63(56)68(55-25-16-20-50(44-55)51-40-43-59-58-27-12-15-33-64(58)69-65(59)45-51)54-41-38-49(39-42-54)57-29-17-31-62-66(57)60-28-10-13-30-61(60)67(62,52-21-6-2-7-22-52)53-23-8-3-9-24-53/h1-45H. The van der Waals surface area contributed by atoms with Crippen LogP contribution in [-0.2, 0) is 5.41 Å². The number of rotatable bonds is 9. The number of hydrogen-bond acceptors (Lipinski definition) is 2. The molecule has 1 aliphatic carbocycles. The molecule has 0 bridgehead atoms. The highest BCUT2D eigenvalue weighted by Gasteiger charge is 2.46. The number of nitrogens with zero attached hydrogens (tertiary/aromatic N) is 1. The Balaban J connectivity index is 0.957. The highest BCUT2D eigenvalue weighted by molar-refractivity contribution is 6.06. The van der Waals surface area contributed by atoms with E-state index in [-0.39, 0.29) is 0 Å². The summed E-state index contributed by atoms with van der Waals surface area (Å²) in [7, 11) is 0. The van der Waals surface area contributed by atoms with E-state index in [1.165, 1.54) is 55.6 Å². The average molecular weight is 880 g/mol. The number of anilines is 3. The molecule has 0 amide bonds. The quantitative estimate of drug-likeness (QED) is 0.144. The zero-order chi connectivity index (χ0) is 45.7. The third-order valence-corrected chi connectivity index (χ3v) is 14.2. The van der Waals surface area contributed by atoms with Gasteiger partial charge in [-0.1, -0.05) is 224 Å². The van der Waals surface area contributed by atoms with Crippen LogP contribution in [0.5, 0.6) is 0 Å². The third kappa shape index (κ3) is 6.72. The maximum atomic E-state index is 6.37. The van der Waals surface area contributed by atoms with Crippen LogP contribution in [-0.4, -0.2) is 0 Å². The molecule has 1 aliphatic rings. The molecule has 2 nitrogen and oxygen atoms in total. The molecule has 11 aromatic carbocycles. The number of para-hydroxylation sites is 2. The largest absolute Gasteiger partial charge is 0.456 e. The molecule has 0 spiro atoms. The van der Waals surface area contributed by atoms with Crippen molar-refractivity contribution in [2.75, 3.05) is 4.90 Å². The minimum atomic E-state index is -0.468. The molecular weight excluding hydrogens is 835 g/mol. The van der Waals surface area contributed by atoms with E-state index in [0.717, 1.165) is 61.3 Å². The van der Waals surface area contributed by atoms with Crippen molar-refractivity contribution in [1.29, 1.82) is 0 Å². The lowest BCUT2D eigenvalue weighted by Gasteiger charge is -2.34. The lowest BCUT2D eigenvalue weighted by molar-refractivity contribution is 0.669. The molecule has 0 aliphatic heterocycles. The average Bonchev–Trinajstić information content (AvgIpc) is 3.96. The first-order valence-electron chi connectivity index (χ1n) is 23.7. The Morgan fingerprint density at radius 2 is 0.797 bits per heavy atom. The Bertz CT molecular complexity index is 3780. The smallest absolute Gasteiger partial charge is 0.136 e. The molecule has 2 heteroatoms. The highest BCUT2D eigenvalue weighted by atomic mass is 16.3. The molecular formula is C67H45NO. The van der Waals surface area contributed by atoms with Crippen molar-refractivity contribution in [3.8, 4) is 55.6 Å². The van der Waals surface area contributed by atoms with Crippen LogP contribution in [0.1, 0.15) is 22.3 Å². The molecule has 13 rings (SSSR count). The fourth-order valence-corrected chi connectivity index (χ4v) is 11.1. The van der Waals surface area contributed by atoms with Gasteiger partial charge in [0.25, 0.3) is 0 Å². The van der Waals surface area contributed by atoms with Crippen LogP contribution in [0.4, 0.5) is 17.1 Å². The molecule has 0 atom stereocenters. The van der Waals surface area contributed by atoms with Crippen LogP contribution in [0.3, 0.4) is 0 Å². The maximum absolute atomic E-state index is 6.37. The monoisotopic (exact) mass is 879 g/mol. The van der Waals surface area contributed by atoms with Crippen molar-refractivity contribution in [1.82, 2.24) is 0 Å². The second kappa shape index (κ2) is 16.7. The summed E-state index contributed by atoms with van der Waals surface area (Å²) >= 11 is 0. The summed E-state index contributed by atoms with van der Waals surface area (Å²) in [6.07, 6.45) is 0. The van der Waals surface area contributed by atoms with E-state index in [2.05, 4.69) is 266 Å². The van der Waals surface area contributed by atoms with E-state index in [1.54, 1.807) is 0 Å². The summed E-state index contributed by atoms with van der Waals surface area (Å²) in [4.78, 5) is 2.41. The van der Waals surface area contributed by atoms with Crippen molar-refractivity contribution < 1.29 is 4.42 Å². The lowest BCUT2D eigenvalue weighted by atomic mass is 9.67. The second-order valence-corrected chi connectivity index (χ2v) is 18.0. The van der Waals surface area contributed by atoms with Crippen molar-refractivity contribution in [3.63, 3.8) is 0 Å². The minimum Gasteiger partial charge on any atom is -0.456 e. The van der Waals surface area contributed by atoms with Gasteiger partial charge in [0, 0.05) is 27.7 Å². The van der Waals surface area contributed by atoms with Crippen molar-refractivity contribution in [2.45, 2.75) is 5.41 Å². The lowest BCUT2D eigenvalue weighted by Crippen LogP contribution is -2.28. The van der Waals surface area contributed by atoms with Gasteiger partial charge in [-0.25, -0.2) is 0 Å². The summed E-state index contributed by atoms with van der Waals surface area (Å²) < 4.78 is 6.37. The summed E-state index contributed by atoms with van der Waals surface area (Å²) in [5.74, 6) is 0. The van der Waals surface area contributed by atoms with Gasteiger partial charge in [-0.2, -0.15) is 0 Å². The van der Waals surface area contributed by atoms with Crippen molar-refractivity contribution in [3.05, 3.63) is 295 Å². The molecule has 69 heavy (non-hydrogen) atoms. The first-order valence-corrected chi connectivity index (χ1v) is 23.7. The number of hydrogen-bond donors (Lipinski definition) is 0. The van der Waals surface area contributed by atoms with Gasteiger partial charge in [-0.15, -0.1) is 0 Å². The first-order chi connectivity index (χ1) is 34.2. The first kappa shape index (κ1) is 40.3. The number of benzene rings is 11. The van der Waals surface area contributed by atoms with Crippen LogP contribution in [0.2, 0.25) is 0 Å². The molecule has 0 unspecified atom stereocenters. The van der Waals surface area contributed by atoms with Gasteiger partial charge in [0.15, 0.2) is 0 Å². The molecule has 1 aromatic heterocycles. The zero-order valence-electron chi connectivity index (χ0n) is 37.8. The Labute approximate surface area is 402 Å². The minimum absolute atomic E-state index is 0.468. The SMILES string of the molecule is c1ccc(-c2ccc(-c3ccccc3N(c3ccc(-c4cccc5c4-c4ccccc4C5(c4ccccc4)c4ccccc4)cc3)c3cccc(-c4ccc5c(c4)oc4ccccc45)c3)cc2)cc1. The molecule has 1 heterocycles. The van der Waals surface area contributed by atoms with Gasteiger partial charge in [-0.05, 0) is 121 Å². The molecule has 0 N–H and O–H groups in total. The molecule has 0 radical (unpaired) electrons. The van der Waals surface area contributed by atoms with Gasteiger partial charge in [0.2, 0.25) is 0 Å². The summed E-state index contributed by atoms with van der Waals surface area (Å²) in [5, 5.41) is 2.25. The third-order valence-electron chi connectivity index (χ3n) is 14.2. The zero-order valence-corrected chi connectivity index (χ0v) is 37.8. The Kier molecular flexibility index (Phi) is 9.77. The van der Waals surface area contributed by atoms with Gasteiger partial charge < -0.3 is 9.32 Å². The Morgan fingerprint density at radius 1 is 0.290 bits per heavy atom. The van der Waals surface area contributed by atoms with Crippen LogP contribution in [0.15, 0.2) is 277 Å². The van der Waals surface area contributed by atoms with Gasteiger partial charge in [0.1, 0.15) is 11.2 Å². The van der Waals surface area contributed by atoms with Gasteiger partial charge in [0.05, 0.1) is 11.1 Å². The van der Waals surface area contributed by atoms with Crippen LogP contribution in [0, 0.1) is 0 Å². The fraction of sp³-hybridized carbons (Fsp3) is 0.0149.